The third-order valence-electron chi connectivity index (χ3n) is 3.15. The second kappa shape index (κ2) is 7.56. The largest absolute Gasteiger partial charge is 0.495 e. The van der Waals surface area contributed by atoms with E-state index in [1.54, 1.807) is 13.3 Å². The number of anilines is 1. The molecule has 0 atom stereocenters. The van der Waals surface area contributed by atoms with Crippen molar-refractivity contribution in [1.29, 1.82) is 0 Å². The number of aryl methyl sites for hydroxylation is 2. The first kappa shape index (κ1) is 16.0. The van der Waals surface area contributed by atoms with Gasteiger partial charge in [0.15, 0.2) is 5.11 Å². The van der Waals surface area contributed by atoms with Gasteiger partial charge in [-0.3, -0.25) is 5.43 Å². The number of hydrogen-bond donors (Lipinski definition) is 2. The number of para-hydroxylation sites is 2. The molecule has 0 aromatic heterocycles. The number of rotatable bonds is 4. The van der Waals surface area contributed by atoms with Gasteiger partial charge in [-0.15, -0.1) is 0 Å². The lowest BCUT2D eigenvalue weighted by Gasteiger charge is -2.10. The van der Waals surface area contributed by atoms with Crippen LogP contribution in [0.4, 0.5) is 5.69 Å². The molecule has 0 aliphatic rings. The van der Waals surface area contributed by atoms with Gasteiger partial charge in [0, 0.05) is 0 Å². The molecule has 0 aliphatic heterocycles. The number of nitrogens with zero attached hydrogens (tertiary/aromatic N) is 1. The molecule has 0 spiro atoms. The quantitative estimate of drug-likeness (QED) is 0.514. The molecule has 22 heavy (non-hydrogen) atoms. The number of nitrogens with one attached hydrogen (secondary N) is 2. The zero-order chi connectivity index (χ0) is 15.9. The molecule has 0 fully saturated rings. The Hall–Kier alpha value is -2.40. The Morgan fingerprint density at radius 2 is 1.95 bits per heavy atom. The fourth-order valence-corrected chi connectivity index (χ4v) is 2.19. The molecule has 4 nitrogen and oxygen atoms in total. The highest BCUT2D eigenvalue weighted by molar-refractivity contribution is 7.80. The standard InChI is InChI=1S/C17H19N3OS/c1-12-8-9-14(13(2)10-12)11-18-20-17(22)19-15-6-4-5-7-16(15)21-3/h4-11H,1-3H3,(H2,19,20,22)/b18-11-. The summed E-state index contributed by atoms with van der Waals surface area (Å²) in [5.41, 5.74) is 7.06. The lowest BCUT2D eigenvalue weighted by Crippen LogP contribution is -2.24. The lowest BCUT2D eigenvalue weighted by molar-refractivity contribution is 0.417. The second-order valence-corrected chi connectivity index (χ2v) is 5.29. The van der Waals surface area contributed by atoms with Crippen molar-refractivity contribution < 1.29 is 4.74 Å². The number of ether oxygens (including phenoxy) is 1. The van der Waals surface area contributed by atoms with Crippen molar-refractivity contribution in [3.8, 4) is 5.75 Å². The van der Waals surface area contributed by atoms with E-state index < -0.39 is 0 Å². The number of benzene rings is 2. The second-order valence-electron chi connectivity index (χ2n) is 4.88. The van der Waals surface area contributed by atoms with Gasteiger partial charge in [0.1, 0.15) is 5.75 Å². The van der Waals surface area contributed by atoms with Crippen molar-refractivity contribution in [1.82, 2.24) is 5.43 Å². The highest BCUT2D eigenvalue weighted by Gasteiger charge is 2.02. The van der Waals surface area contributed by atoms with Crippen molar-refractivity contribution in [2.75, 3.05) is 12.4 Å². The Morgan fingerprint density at radius 3 is 2.68 bits per heavy atom. The van der Waals surface area contributed by atoms with Crippen LogP contribution in [0.3, 0.4) is 0 Å². The molecule has 0 aliphatic carbocycles. The van der Waals surface area contributed by atoms with Gasteiger partial charge in [-0.25, -0.2) is 0 Å². The Labute approximate surface area is 136 Å². The summed E-state index contributed by atoms with van der Waals surface area (Å²) in [5, 5.41) is 7.63. The van der Waals surface area contributed by atoms with E-state index in [2.05, 4.69) is 41.8 Å². The van der Waals surface area contributed by atoms with Gasteiger partial charge < -0.3 is 10.1 Å². The SMILES string of the molecule is COc1ccccc1NC(=S)N/N=C\c1ccc(C)cc1C. The van der Waals surface area contributed by atoms with E-state index in [-0.39, 0.29) is 0 Å². The van der Waals surface area contributed by atoms with E-state index in [1.807, 2.05) is 30.3 Å². The molecule has 0 saturated carbocycles. The monoisotopic (exact) mass is 313 g/mol. The molecule has 0 unspecified atom stereocenters. The predicted octanol–water partition coefficient (Wildman–Crippen LogP) is 3.63. The molecule has 0 radical (unpaired) electrons. The fourth-order valence-electron chi connectivity index (χ4n) is 2.03. The smallest absolute Gasteiger partial charge is 0.191 e. The van der Waals surface area contributed by atoms with E-state index in [0.29, 0.717) is 5.11 Å². The molecular formula is C17H19N3OS. The molecule has 0 saturated heterocycles. The number of methoxy groups -OCH3 is 1. The van der Waals surface area contributed by atoms with Gasteiger partial charge >= 0.3 is 0 Å². The zero-order valence-corrected chi connectivity index (χ0v) is 13.7. The minimum atomic E-state index is 0.408. The normalized spacial score (nSPS) is 10.5. The summed E-state index contributed by atoms with van der Waals surface area (Å²) in [4.78, 5) is 0. The number of thiocarbonyl (C=S) groups is 1. The maximum atomic E-state index is 5.26. The topological polar surface area (TPSA) is 45.6 Å². The first-order valence-corrected chi connectivity index (χ1v) is 7.31. The first-order chi connectivity index (χ1) is 10.6. The lowest BCUT2D eigenvalue weighted by atomic mass is 10.1. The van der Waals surface area contributed by atoms with E-state index in [0.717, 1.165) is 17.0 Å². The van der Waals surface area contributed by atoms with Crippen LogP contribution < -0.4 is 15.5 Å². The molecule has 2 rings (SSSR count). The van der Waals surface area contributed by atoms with Crippen LogP contribution in [-0.4, -0.2) is 18.4 Å². The zero-order valence-electron chi connectivity index (χ0n) is 12.9. The molecule has 114 valence electrons. The average molecular weight is 313 g/mol. The van der Waals surface area contributed by atoms with Gasteiger partial charge in [0.2, 0.25) is 0 Å². The highest BCUT2D eigenvalue weighted by atomic mass is 32.1. The fraction of sp³-hybridized carbons (Fsp3) is 0.176. The summed E-state index contributed by atoms with van der Waals surface area (Å²) in [6.07, 6.45) is 1.75. The van der Waals surface area contributed by atoms with Crippen molar-refractivity contribution in [2.45, 2.75) is 13.8 Å². The van der Waals surface area contributed by atoms with E-state index in [9.17, 15) is 0 Å². The highest BCUT2D eigenvalue weighted by Crippen LogP contribution is 2.22. The van der Waals surface area contributed by atoms with Crippen molar-refractivity contribution >= 4 is 29.2 Å². The third kappa shape index (κ3) is 4.30. The van der Waals surface area contributed by atoms with Crippen molar-refractivity contribution in [3.63, 3.8) is 0 Å². The van der Waals surface area contributed by atoms with Crippen molar-refractivity contribution in [3.05, 3.63) is 59.2 Å². The molecule has 0 amide bonds. The molecule has 5 heteroatoms. The van der Waals surface area contributed by atoms with Crippen LogP contribution in [0.5, 0.6) is 5.75 Å². The Morgan fingerprint density at radius 1 is 1.18 bits per heavy atom. The molecule has 2 N–H and O–H groups in total. The molecule has 0 bridgehead atoms. The minimum absolute atomic E-state index is 0.408. The summed E-state index contributed by atoms with van der Waals surface area (Å²) in [6, 6.07) is 13.8. The van der Waals surface area contributed by atoms with Crippen LogP contribution in [0.1, 0.15) is 16.7 Å². The maximum Gasteiger partial charge on any atom is 0.191 e. The molecule has 2 aromatic rings. The van der Waals surface area contributed by atoms with E-state index >= 15 is 0 Å². The first-order valence-electron chi connectivity index (χ1n) is 6.90. The van der Waals surface area contributed by atoms with Gasteiger partial charge in [-0.05, 0) is 49.3 Å². The minimum Gasteiger partial charge on any atom is -0.495 e. The maximum absolute atomic E-state index is 5.26. The van der Waals surface area contributed by atoms with Crippen LogP contribution in [-0.2, 0) is 0 Å². The van der Waals surface area contributed by atoms with Crippen LogP contribution in [0, 0.1) is 13.8 Å². The third-order valence-corrected chi connectivity index (χ3v) is 3.34. The summed E-state index contributed by atoms with van der Waals surface area (Å²) in [6.45, 7) is 4.12. The van der Waals surface area contributed by atoms with Crippen LogP contribution in [0.25, 0.3) is 0 Å². The van der Waals surface area contributed by atoms with Crippen LogP contribution in [0.15, 0.2) is 47.6 Å². The summed E-state index contributed by atoms with van der Waals surface area (Å²) in [5.74, 6) is 0.727. The van der Waals surface area contributed by atoms with Gasteiger partial charge in [0.05, 0.1) is 19.0 Å². The van der Waals surface area contributed by atoms with Crippen LogP contribution >= 0.6 is 12.2 Å². The van der Waals surface area contributed by atoms with Gasteiger partial charge in [-0.2, -0.15) is 5.10 Å². The van der Waals surface area contributed by atoms with E-state index in [1.165, 1.54) is 11.1 Å². The van der Waals surface area contributed by atoms with Gasteiger partial charge in [-0.1, -0.05) is 35.9 Å². The Balaban J connectivity index is 1.96. The van der Waals surface area contributed by atoms with Crippen LogP contribution in [0.2, 0.25) is 0 Å². The predicted molar refractivity (Wildman–Crippen MR) is 95.9 cm³/mol. The van der Waals surface area contributed by atoms with Crippen molar-refractivity contribution in [2.24, 2.45) is 5.10 Å². The average Bonchev–Trinajstić information content (AvgIpc) is 2.50. The van der Waals surface area contributed by atoms with Gasteiger partial charge in [0.25, 0.3) is 0 Å². The molecular weight excluding hydrogens is 294 g/mol. The van der Waals surface area contributed by atoms with E-state index in [4.69, 9.17) is 17.0 Å². The summed E-state index contributed by atoms with van der Waals surface area (Å²) < 4.78 is 5.26. The number of hydrazone groups is 1. The summed E-state index contributed by atoms with van der Waals surface area (Å²) >= 11 is 5.22. The Bertz CT molecular complexity index is 698. The molecule has 2 aromatic carbocycles. The summed E-state index contributed by atoms with van der Waals surface area (Å²) in [7, 11) is 1.62. The number of hydrogen-bond acceptors (Lipinski definition) is 3. The Kier molecular flexibility index (Phi) is 5.49. The molecule has 0 heterocycles.